The number of ether oxygens (including phenoxy) is 1. The Balaban J connectivity index is 2.22. The normalized spacial score (nSPS) is 12.2. The lowest BCUT2D eigenvalue weighted by molar-refractivity contribution is 0.414. The van der Waals surface area contributed by atoms with E-state index in [1.54, 1.807) is 18.9 Å². The van der Waals surface area contributed by atoms with E-state index < -0.39 is 0 Å². The van der Waals surface area contributed by atoms with E-state index in [1.165, 1.54) is 15.4 Å². The van der Waals surface area contributed by atoms with Gasteiger partial charge in [0, 0.05) is 15.8 Å². The van der Waals surface area contributed by atoms with Gasteiger partial charge in [0.1, 0.15) is 5.75 Å². The molecule has 18 heavy (non-hydrogen) atoms. The van der Waals surface area contributed by atoms with Crippen LogP contribution in [-0.2, 0) is 0 Å². The molecule has 2 nitrogen and oxygen atoms in total. The molecule has 0 heterocycles. The van der Waals surface area contributed by atoms with Gasteiger partial charge >= 0.3 is 0 Å². The van der Waals surface area contributed by atoms with Gasteiger partial charge in [-0.05, 0) is 42.8 Å². The average molecular weight is 259 g/mol. The average Bonchev–Trinajstić information content (AvgIpc) is 2.40. The highest BCUT2D eigenvalue weighted by molar-refractivity contribution is 7.99. The van der Waals surface area contributed by atoms with Crippen molar-refractivity contribution < 1.29 is 4.74 Å². The number of benzene rings is 2. The van der Waals surface area contributed by atoms with Crippen molar-refractivity contribution in [3.63, 3.8) is 0 Å². The van der Waals surface area contributed by atoms with E-state index in [1.807, 2.05) is 31.2 Å². The lowest BCUT2D eigenvalue weighted by atomic mass is 10.1. The molecule has 0 unspecified atom stereocenters. The van der Waals surface area contributed by atoms with E-state index in [0.29, 0.717) is 0 Å². The van der Waals surface area contributed by atoms with E-state index in [0.717, 1.165) is 5.75 Å². The standard InChI is InChI=1S/C15H17NOS/c1-11(16)14-5-3-4-6-15(14)18-13-9-7-12(17-2)8-10-13/h3-11H,16H2,1-2H3/t11-/m0/s1. The quantitative estimate of drug-likeness (QED) is 0.905. The van der Waals surface area contributed by atoms with Crippen LogP contribution in [0.5, 0.6) is 5.75 Å². The van der Waals surface area contributed by atoms with Gasteiger partial charge < -0.3 is 10.5 Å². The Hall–Kier alpha value is -1.45. The molecule has 0 bridgehead atoms. The molecule has 1 atom stereocenters. The molecular formula is C15H17NOS. The van der Waals surface area contributed by atoms with Crippen LogP contribution in [0.4, 0.5) is 0 Å². The minimum absolute atomic E-state index is 0.0481. The largest absolute Gasteiger partial charge is 0.497 e. The minimum atomic E-state index is 0.0481. The first-order valence-electron chi connectivity index (χ1n) is 5.87. The second-order valence-corrected chi connectivity index (χ2v) is 5.22. The van der Waals surface area contributed by atoms with Crippen LogP contribution in [0.1, 0.15) is 18.5 Å². The van der Waals surface area contributed by atoms with Crippen LogP contribution in [0.15, 0.2) is 58.3 Å². The molecule has 0 spiro atoms. The molecule has 2 rings (SSSR count). The van der Waals surface area contributed by atoms with Crippen LogP contribution < -0.4 is 10.5 Å². The third kappa shape index (κ3) is 3.06. The van der Waals surface area contributed by atoms with Gasteiger partial charge in [0.2, 0.25) is 0 Å². The first-order chi connectivity index (χ1) is 8.70. The van der Waals surface area contributed by atoms with E-state index in [9.17, 15) is 0 Å². The molecule has 3 heteroatoms. The Bertz CT molecular complexity index is 508. The Morgan fingerprint density at radius 3 is 2.33 bits per heavy atom. The number of hydrogen-bond acceptors (Lipinski definition) is 3. The van der Waals surface area contributed by atoms with Gasteiger partial charge in [-0.25, -0.2) is 0 Å². The fraction of sp³-hybridized carbons (Fsp3) is 0.200. The molecule has 0 aliphatic heterocycles. The molecule has 2 aromatic rings. The number of rotatable bonds is 4. The lowest BCUT2D eigenvalue weighted by Crippen LogP contribution is -2.05. The molecular weight excluding hydrogens is 242 g/mol. The second-order valence-electron chi connectivity index (χ2n) is 4.10. The maximum Gasteiger partial charge on any atom is 0.118 e. The maximum absolute atomic E-state index is 5.98. The van der Waals surface area contributed by atoms with Gasteiger partial charge in [0.25, 0.3) is 0 Å². The fourth-order valence-electron chi connectivity index (χ4n) is 1.72. The van der Waals surface area contributed by atoms with E-state index in [4.69, 9.17) is 10.5 Å². The van der Waals surface area contributed by atoms with Crippen LogP contribution in [0.25, 0.3) is 0 Å². The first-order valence-corrected chi connectivity index (χ1v) is 6.69. The Morgan fingerprint density at radius 1 is 1.06 bits per heavy atom. The molecule has 94 valence electrons. The van der Waals surface area contributed by atoms with Crippen molar-refractivity contribution in [2.24, 2.45) is 5.73 Å². The van der Waals surface area contributed by atoms with Crippen LogP contribution in [0.3, 0.4) is 0 Å². The summed E-state index contributed by atoms with van der Waals surface area (Å²) in [4.78, 5) is 2.39. The summed E-state index contributed by atoms with van der Waals surface area (Å²) in [6.07, 6.45) is 0. The zero-order valence-electron chi connectivity index (χ0n) is 10.6. The third-order valence-corrected chi connectivity index (χ3v) is 3.80. The Labute approximate surface area is 112 Å². The molecule has 0 saturated carbocycles. The topological polar surface area (TPSA) is 35.2 Å². The molecule has 0 aromatic heterocycles. The van der Waals surface area contributed by atoms with Crippen molar-refractivity contribution in [2.45, 2.75) is 22.8 Å². The molecule has 0 fully saturated rings. The summed E-state index contributed by atoms with van der Waals surface area (Å²) in [5, 5.41) is 0. The number of nitrogens with two attached hydrogens (primary N) is 1. The maximum atomic E-state index is 5.98. The first kappa shape index (κ1) is 13.0. The highest BCUT2D eigenvalue weighted by atomic mass is 32.2. The van der Waals surface area contributed by atoms with Gasteiger partial charge in [-0.3, -0.25) is 0 Å². The Morgan fingerprint density at radius 2 is 1.72 bits per heavy atom. The predicted molar refractivity (Wildman–Crippen MR) is 76.2 cm³/mol. The molecule has 2 N–H and O–H groups in total. The predicted octanol–water partition coefficient (Wildman–Crippen LogP) is 3.87. The summed E-state index contributed by atoms with van der Waals surface area (Å²) in [7, 11) is 1.67. The molecule has 0 aliphatic carbocycles. The SMILES string of the molecule is COc1ccc(Sc2ccccc2[C@H](C)N)cc1. The zero-order chi connectivity index (χ0) is 13.0. The molecule has 2 aromatic carbocycles. The van der Waals surface area contributed by atoms with Crippen molar-refractivity contribution in [3.8, 4) is 5.75 Å². The molecule has 0 aliphatic rings. The minimum Gasteiger partial charge on any atom is -0.497 e. The van der Waals surface area contributed by atoms with Gasteiger partial charge in [0.05, 0.1) is 7.11 Å². The van der Waals surface area contributed by atoms with Crippen LogP contribution in [0, 0.1) is 0 Å². The number of methoxy groups -OCH3 is 1. The molecule has 0 amide bonds. The van der Waals surface area contributed by atoms with Crippen LogP contribution in [0.2, 0.25) is 0 Å². The van der Waals surface area contributed by atoms with Crippen LogP contribution >= 0.6 is 11.8 Å². The van der Waals surface area contributed by atoms with E-state index in [-0.39, 0.29) is 6.04 Å². The van der Waals surface area contributed by atoms with Crippen molar-refractivity contribution in [3.05, 3.63) is 54.1 Å². The summed E-state index contributed by atoms with van der Waals surface area (Å²) < 4.78 is 5.15. The van der Waals surface area contributed by atoms with Crippen molar-refractivity contribution >= 4 is 11.8 Å². The second kappa shape index (κ2) is 5.94. The lowest BCUT2D eigenvalue weighted by Gasteiger charge is -2.12. The van der Waals surface area contributed by atoms with Gasteiger partial charge in [-0.2, -0.15) is 0 Å². The molecule has 0 saturated heterocycles. The van der Waals surface area contributed by atoms with E-state index >= 15 is 0 Å². The molecule has 0 radical (unpaired) electrons. The summed E-state index contributed by atoms with van der Waals surface area (Å²) >= 11 is 1.73. The van der Waals surface area contributed by atoms with Crippen molar-refractivity contribution in [1.29, 1.82) is 0 Å². The summed E-state index contributed by atoms with van der Waals surface area (Å²) in [5.74, 6) is 0.875. The number of hydrogen-bond donors (Lipinski definition) is 1. The highest BCUT2D eigenvalue weighted by Crippen LogP contribution is 2.33. The van der Waals surface area contributed by atoms with Gasteiger partial charge in [-0.1, -0.05) is 30.0 Å². The van der Waals surface area contributed by atoms with Crippen LogP contribution in [-0.4, -0.2) is 7.11 Å². The van der Waals surface area contributed by atoms with Gasteiger partial charge in [-0.15, -0.1) is 0 Å². The van der Waals surface area contributed by atoms with Gasteiger partial charge in [0.15, 0.2) is 0 Å². The van der Waals surface area contributed by atoms with E-state index in [2.05, 4.69) is 24.3 Å². The highest BCUT2D eigenvalue weighted by Gasteiger charge is 2.07. The summed E-state index contributed by atoms with van der Waals surface area (Å²) in [6, 6.07) is 16.3. The summed E-state index contributed by atoms with van der Waals surface area (Å²) in [6.45, 7) is 2.01. The summed E-state index contributed by atoms with van der Waals surface area (Å²) in [5.41, 5.74) is 7.16. The third-order valence-electron chi connectivity index (χ3n) is 2.70. The van der Waals surface area contributed by atoms with Crippen molar-refractivity contribution in [1.82, 2.24) is 0 Å². The Kier molecular flexibility index (Phi) is 4.28. The van der Waals surface area contributed by atoms with Crippen molar-refractivity contribution in [2.75, 3.05) is 7.11 Å². The smallest absolute Gasteiger partial charge is 0.118 e. The zero-order valence-corrected chi connectivity index (χ0v) is 11.4. The fourth-order valence-corrected chi connectivity index (χ4v) is 2.76. The monoisotopic (exact) mass is 259 g/mol.